The molecule has 0 fully saturated rings. The Morgan fingerprint density at radius 1 is 1.09 bits per heavy atom. The minimum atomic E-state index is -0.0186. The number of rotatable bonds is 8. The zero-order valence-corrected chi connectivity index (χ0v) is 19.8. The molecule has 8 heteroatoms. The molecule has 2 N–H and O–H groups in total. The van der Waals surface area contributed by atoms with Gasteiger partial charge in [0.25, 0.3) is 0 Å². The van der Waals surface area contributed by atoms with Crippen molar-refractivity contribution in [1.29, 1.82) is 0 Å². The maximum atomic E-state index is 13.1. The van der Waals surface area contributed by atoms with E-state index in [1.807, 2.05) is 75.4 Å². The topological polar surface area (TPSA) is 86.3 Å². The third-order valence-corrected chi connectivity index (χ3v) is 6.35. The van der Waals surface area contributed by atoms with Gasteiger partial charge in [0.2, 0.25) is 11.1 Å². The maximum Gasteiger partial charge on any atom is 0.237 e. The standard InChI is InChI=1S/C25H27N5O2S/c1-4-29(21-11-7-9-19-8-5-6-10-20(19)21)24(31)16-33-25-28-27-23(30(25)26)15-32-22-13-12-17(2)14-18(22)3/h5-14H,4,15-16,26H2,1-3H3. The number of carbonyl (C=O) groups excluding carboxylic acids is 1. The van der Waals surface area contributed by atoms with E-state index in [1.54, 1.807) is 4.90 Å². The van der Waals surface area contributed by atoms with Gasteiger partial charge < -0.3 is 15.5 Å². The molecule has 7 nitrogen and oxygen atoms in total. The highest BCUT2D eigenvalue weighted by atomic mass is 32.2. The van der Waals surface area contributed by atoms with Crippen LogP contribution in [0.1, 0.15) is 23.9 Å². The van der Waals surface area contributed by atoms with Crippen molar-refractivity contribution in [3.8, 4) is 5.75 Å². The molecule has 0 aliphatic heterocycles. The van der Waals surface area contributed by atoms with Crippen LogP contribution in [0.25, 0.3) is 10.8 Å². The summed E-state index contributed by atoms with van der Waals surface area (Å²) in [4.78, 5) is 14.9. The Kier molecular flexibility index (Phi) is 6.84. The first kappa shape index (κ1) is 22.7. The average molecular weight is 462 g/mol. The lowest BCUT2D eigenvalue weighted by Crippen LogP contribution is -2.32. The van der Waals surface area contributed by atoms with E-state index in [0.29, 0.717) is 17.5 Å². The number of carbonyl (C=O) groups is 1. The number of anilines is 1. The predicted octanol–water partition coefficient (Wildman–Crippen LogP) is 4.49. The fourth-order valence-electron chi connectivity index (χ4n) is 3.74. The van der Waals surface area contributed by atoms with Crippen LogP contribution >= 0.6 is 11.8 Å². The van der Waals surface area contributed by atoms with Crippen molar-refractivity contribution in [1.82, 2.24) is 14.9 Å². The Morgan fingerprint density at radius 2 is 1.88 bits per heavy atom. The van der Waals surface area contributed by atoms with E-state index >= 15 is 0 Å². The van der Waals surface area contributed by atoms with Crippen molar-refractivity contribution in [3.05, 3.63) is 77.6 Å². The van der Waals surface area contributed by atoms with Gasteiger partial charge in [0.15, 0.2) is 5.82 Å². The second-order valence-electron chi connectivity index (χ2n) is 7.75. The highest BCUT2D eigenvalue weighted by Gasteiger charge is 2.19. The highest BCUT2D eigenvalue weighted by Crippen LogP contribution is 2.28. The summed E-state index contributed by atoms with van der Waals surface area (Å²) in [6.45, 7) is 6.77. The average Bonchev–Trinajstić information content (AvgIpc) is 3.17. The Morgan fingerprint density at radius 3 is 2.67 bits per heavy atom. The third-order valence-electron chi connectivity index (χ3n) is 5.42. The largest absolute Gasteiger partial charge is 0.485 e. The molecule has 33 heavy (non-hydrogen) atoms. The molecule has 0 unspecified atom stereocenters. The van der Waals surface area contributed by atoms with Crippen molar-refractivity contribution in [2.75, 3.05) is 23.0 Å². The Bertz CT molecular complexity index is 1280. The number of ether oxygens (including phenoxy) is 1. The normalized spacial score (nSPS) is 11.0. The van der Waals surface area contributed by atoms with Crippen LogP contribution in [0.15, 0.2) is 65.8 Å². The van der Waals surface area contributed by atoms with E-state index in [1.165, 1.54) is 22.0 Å². The van der Waals surface area contributed by atoms with Crippen molar-refractivity contribution < 1.29 is 9.53 Å². The molecule has 4 aromatic rings. The Balaban J connectivity index is 1.42. The van der Waals surface area contributed by atoms with Crippen molar-refractivity contribution in [2.24, 2.45) is 0 Å². The monoisotopic (exact) mass is 461 g/mol. The van der Waals surface area contributed by atoms with Crippen molar-refractivity contribution in [3.63, 3.8) is 0 Å². The van der Waals surface area contributed by atoms with E-state index in [2.05, 4.69) is 16.3 Å². The van der Waals surface area contributed by atoms with Gasteiger partial charge in [-0.05, 0) is 43.9 Å². The van der Waals surface area contributed by atoms with Gasteiger partial charge in [-0.25, -0.2) is 4.68 Å². The lowest BCUT2D eigenvalue weighted by atomic mass is 10.1. The SMILES string of the molecule is CCN(C(=O)CSc1nnc(COc2ccc(C)cc2C)n1N)c1cccc2ccccc12. The van der Waals surface area contributed by atoms with Crippen LogP contribution in [0.5, 0.6) is 5.75 Å². The van der Waals surface area contributed by atoms with Gasteiger partial charge in [0.1, 0.15) is 12.4 Å². The molecule has 3 aromatic carbocycles. The van der Waals surface area contributed by atoms with Gasteiger partial charge in [0, 0.05) is 11.9 Å². The van der Waals surface area contributed by atoms with Crippen LogP contribution < -0.4 is 15.5 Å². The summed E-state index contributed by atoms with van der Waals surface area (Å²) in [7, 11) is 0. The van der Waals surface area contributed by atoms with Gasteiger partial charge in [-0.3, -0.25) is 4.79 Å². The molecule has 1 heterocycles. The molecular weight excluding hydrogens is 434 g/mol. The van der Waals surface area contributed by atoms with Crippen LogP contribution in [0.3, 0.4) is 0 Å². The molecule has 1 aromatic heterocycles. The lowest BCUT2D eigenvalue weighted by molar-refractivity contribution is -0.116. The molecular formula is C25H27N5O2S. The fourth-order valence-corrected chi connectivity index (χ4v) is 4.49. The highest BCUT2D eigenvalue weighted by molar-refractivity contribution is 7.99. The molecule has 0 saturated heterocycles. The first-order valence-electron chi connectivity index (χ1n) is 10.8. The molecule has 4 rings (SSSR count). The van der Waals surface area contributed by atoms with Gasteiger partial charge in [-0.15, -0.1) is 10.2 Å². The molecule has 0 atom stereocenters. The fraction of sp³-hybridized carbons (Fsp3) is 0.240. The number of aryl methyl sites for hydroxylation is 2. The Hall–Kier alpha value is -3.52. The van der Waals surface area contributed by atoms with Crippen LogP contribution in [0.4, 0.5) is 5.69 Å². The summed E-state index contributed by atoms with van der Waals surface area (Å²) in [5.74, 6) is 7.63. The molecule has 1 amide bonds. The quantitative estimate of drug-likeness (QED) is 0.307. The predicted molar refractivity (Wildman–Crippen MR) is 133 cm³/mol. The molecule has 0 radical (unpaired) electrons. The van der Waals surface area contributed by atoms with E-state index in [0.717, 1.165) is 27.8 Å². The summed E-state index contributed by atoms with van der Waals surface area (Å²) in [5.41, 5.74) is 3.12. The molecule has 0 spiro atoms. The van der Waals surface area contributed by atoms with Gasteiger partial charge in [-0.2, -0.15) is 0 Å². The molecule has 0 aliphatic rings. The zero-order valence-electron chi connectivity index (χ0n) is 19.0. The number of nitrogens with zero attached hydrogens (tertiary/aromatic N) is 4. The van der Waals surface area contributed by atoms with E-state index in [-0.39, 0.29) is 18.3 Å². The summed E-state index contributed by atoms with van der Waals surface area (Å²) in [5, 5.41) is 10.9. The second kappa shape index (κ2) is 9.95. The zero-order chi connectivity index (χ0) is 23.4. The molecule has 0 bridgehead atoms. The summed E-state index contributed by atoms with van der Waals surface area (Å²) < 4.78 is 7.25. The third kappa shape index (κ3) is 4.96. The number of benzene rings is 3. The first-order chi connectivity index (χ1) is 16.0. The number of thioether (sulfide) groups is 1. The lowest BCUT2D eigenvalue weighted by Gasteiger charge is -2.22. The minimum absolute atomic E-state index is 0.0186. The smallest absolute Gasteiger partial charge is 0.237 e. The number of nitrogens with two attached hydrogens (primary N) is 1. The van der Waals surface area contributed by atoms with E-state index in [4.69, 9.17) is 10.6 Å². The first-order valence-corrected chi connectivity index (χ1v) is 11.8. The summed E-state index contributed by atoms with van der Waals surface area (Å²) in [6.07, 6.45) is 0. The van der Waals surface area contributed by atoms with E-state index in [9.17, 15) is 4.79 Å². The van der Waals surface area contributed by atoms with Gasteiger partial charge >= 0.3 is 0 Å². The van der Waals surface area contributed by atoms with Crippen LogP contribution in [0.2, 0.25) is 0 Å². The molecule has 170 valence electrons. The van der Waals surface area contributed by atoms with Crippen molar-refractivity contribution >= 4 is 34.1 Å². The number of fused-ring (bicyclic) bond motifs is 1. The van der Waals surface area contributed by atoms with Crippen LogP contribution in [-0.2, 0) is 11.4 Å². The summed E-state index contributed by atoms with van der Waals surface area (Å²) in [6, 6.07) is 20.0. The minimum Gasteiger partial charge on any atom is -0.485 e. The summed E-state index contributed by atoms with van der Waals surface area (Å²) >= 11 is 1.26. The van der Waals surface area contributed by atoms with Gasteiger partial charge in [-0.1, -0.05) is 65.9 Å². The van der Waals surface area contributed by atoms with E-state index < -0.39 is 0 Å². The van der Waals surface area contributed by atoms with Crippen LogP contribution in [-0.4, -0.2) is 33.1 Å². The second-order valence-corrected chi connectivity index (χ2v) is 8.69. The van der Waals surface area contributed by atoms with Crippen LogP contribution in [0, 0.1) is 13.8 Å². The molecule has 0 aliphatic carbocycles. The number of hydrogen-bond acceptors (Lipinski definition) is 6. The maximum absolute atomic E-state index is 13.1. The number of hydrogen-bond donors (Lipinski definition) is 1. The molecule has 0 saturated carbocycles. The number of amides is 1. The van der Waals surface area contributed by atoms with Crippen molar-refractivity contribution in [2.45, 2.75) is 32.5 Å². The Labute approximate surface area is 197 Å². The number of nitrogen functional groups attached to an aromatic ring is 1. The number of aromatic nitrogens is 3. The van der Waals surface area contributed by atoms with Gasteiger partial charge in [0.05, 0.1) is 11.4 Å².